The van der Waals surface area contributed by atoms with Gasteiger partial charge in [-0.15, -0.1) is 0 Å². The van der Waals surface area contributed by atoms with Crippen molar-refractivity contribution in [3.8, 4) is 5.88 Å². The van der Waals surface area contributed by atoms with Crippen LogP contribution in [0.3, 0.4) is 0 Å². The van der Waals surface area contributed by atoms with Crippen molar-refractivity contribution < 1.29 is 9.13 Å². The molecular formula is C16H20FN5O. The normalized spacial score (nSPS) is 16.3. The smallest absolute Gasteiger partial charge is 0.255 e. The van der Waals surface area contributed by atoms with E-state index in [1.807, 2.05) is 12.3 Å². The number of rotatable bonds is 5. The Balaban J connectivity index is 1.51. The molecule has 0 unspecified atom stereocenters. The molecule has 0 atom stereocenters. The molecular weight excluding hydrogens is 297 g/mol. The molecule has 3 rings (SSSR count). The predicted octanol–water partition coefficient (Wildman–Crippen LogP) is 2.10. The first-order chi connectivity index (χ1) is 11.2. The average Bonchev–Trinajstić information content (AvgIpc) is 2.59. The molecule has 3 heterocycles. The van der Waals surface area contributed by atoms with Crippen molar-refractivity contribution in [2.75, 3.05) is 25.5 Å². The van der Waals surface area contributed by atoms with Gasteiger partial charge in [-0.3, -0.25) is 9.88 Å². The number of methoxy groups -OCH3 is 1. The molecule has 1 N–H and O–H groups in total. The van der Waals surface area contributed by atoms with Crippen LogP contribution < -0.4 is 10.1 Å². The fourth-order valence-corrected chi connectivity index (χ4v) is 2.73. The van der Waals surface area contributed by atoms with Crippen LogP contribution in [0.5, 0.6) is 5.88 Å². The van der Waals surface area contributed by atoms with Crippen LogP contribution in [0.1, 0.15) is 18.4 Å². The van der Waals surface area contributed by atoms with Gasteiger partial charge in [-0.05, 0) is 24.5 Å². The van der Waals surface area contributed by atoms with E-state index >= 15 is 0 Å². The number of ether oxygens (including phenoxy) is 1. The molecule has 0 aliphatic carbocycles. The fourth-order valence-electron chi connectivity index (χ4n) is 2.73. The van der Waals surface area contributed by atoms with Crippen LogP contribution in [0.15, 0.2) is 30.7 Å². The Morgan fingerprint density at radius 1 is 1.35 bits per heavy atom. The molecule has 0 spiro atoms. The van der Waals surface area contributed by atoms with Crippen molar-refractivity contribution in [3.05, 3.63) is 42.1 Å². The number of hydrogen-bond acceptors (Lipinski definition) is 6. The van der Waals surface area contributed by atoms with E-state index in [2.05, 4.69) is 31.2 Å². The molecule has 1 fully saturated rings. The Hall–Kier alpha value is -2.28. The number of aromatic nitrogens is 3. The number of halogens is 1. The second kappa shape index (κ2) is 7.32. The van der Waals surface area contributed by atoms with Gasteiger partial charge in [-0.1, -0.05) is 6.07 Å². The van der Waals surface area contributed by atoms with Crippen molar-refractivity contribution >= 4 is 5.95 Å². The van der Waals surface area contributed by atoms with Gasteiger partial charge in [-0.2, -0.15) is 9.37 Å². The van der Waals surface area contributed by atoms with Gasteiger partial charge < -0.3 is 10.1 Å². The minimum absolute atomic E-state index is 0.0310. The van der Waals surface area contributed by atoms with Crippen LogP contribution in [-0.4, -0.2) is 46.1 Å². The van der Waals surface area contributed by atoms with E-state index in [0.717, 1.165) is 38.7 Å². The third kappa shape index (κ3) is 4.13. The molecule has 0 amide bonds. The Labute approximate surface area is 134 Å². The predicted molar refractivity (Wildman–Crippen MR) is 84.7 cm³/mol. The van der Waals surface area contributed by atoms with Gasteiger partial charge in [0.05, 0.1) is 13.3 Å². The van der Waals surface area contributed by atoms with Gasteiger partial charge in [0.1, 0.15) is 0 Å². The van der Waals surface area contributed by atoms with Gasteiger partial charge >= 0.3 is 0 Å². The van der Waals surface area contributed by atoms with Crippen molar-refractivity contribution in [1.82, 2.24) is 19.9 Å². The van der Waals surface area contributed by atoms with E-state index in [-0.39, 0.29) is 11.9 Å². The summed E-state index contributed by atoms with van der Waals surface area (Å²) in [6, 6.07) is 4.34. The van der Waals surface area contributed by atoms with Crippen molar-refractivity contribution in [2.24, 2.45) is 0 Å². The largest absolute Gasteiger partial charge is 0.479 e. The second-order valence-electron chi connectivity index (χ2n) is 5.61. The van der Waals surface area contributed by atoms with Crippen LogP contribution in [0.4, 0.5) is 10.3 Å². The lowest BCUT2D eigenvalue weighted by atomic mass is 10.0. The first kappa shape index (κ1) is 15.6. The SMILES string of the molecule is COc1nc(NC2CCN(Cc3cccnc3)CC2)ncc1F. The number of anilines is 1. The molecule has 122 valence electrons. The highest BCUT2D eigenvalue weighted by Crippen LogP contribution is 2.18. The average molecular weight is 317 g/mol. The first-order valence-electron chi connectivity index (χ1n) is 7.69. The summed E-state index contributed by atoms with van der Waals surface area (Å²) < 4.78 is 18.2. The monoisotopic (exact) mass is 317 g/mol. The van der Waals surface area contributed by atoms with Crippen LogP contribution in [0, 0.1) is 5.82 Å². The Morgan fingerprint density at radius 3 is 2.87 bits per heavy atom. The lowest BCUT2D eigenvalue weighted by Crippen LogP contribution is -2.39. The van der Waals surface area contributed by atoms with E-state index in [4.69, 9.17) is 4.74 Å². The lowest BCUT2D eigenvalue weighted by Gasteiger charge is -2.32. The zero-order valence-corrected chi connectivity index (χ0v) is 13.1. The third-order valence-electron chi connectivity index (χ3n) is 3.96. The zero-order valence-electron chi connectivity index (χ0n) is 13.1. The van der Waals surface area contributed by atoms with Gasteiger partial charge in [0.25, 0.3) is 5.88 Å². The number of nitrogens with zero attached hydrogens (tertiary/aromatic N) is 4. The highest BCUT2D eigenvalue weighted by Gasteiger charge is 2.20. The van der Waals surface area contributed by atoms with E-state index in [1.54, 1.807) is 6.20 Å². The van der Waals surface area contributed by atoms with Crippen LogP contribution >= 0.6 is 0 Å². The van der Waals surface area contributed by atoms with Crippen molar-refractivity contribution in [3.63, 3.8) is 0 Å². The van der Waals surface area contributed by atoms with Gasteiger partial charge in [0.15, 0.2) is 0 Å². The number of nitrogens with one attached hydrogen (secondary N) is 1. The summed E-state index contributed by atoms with van der Waals surface area (Å²) >= 11 is 0. The summed E-state index contributed by atoms with van der Waals surface area (Å²) in [6.07, 6.45) is 6.80. The quantitative estimate of drug-likeness (QED) is 0.911. The molecule has 2 aromatic heterocycles. The fraction of sp³-hybridized carbons (Fsp3) is 0.438. The van der Waals surface area contributed by atoms with Crippen molar-refractivity contribution in [1.29, 1.82) is 0 Å². The van der Waals surface area contributed by atoms with E-state index in [1.165, 1.54) is 12.7 Å². The molecule has 0 radical (unpaired) electrons. The van der Waals surface area contributed by atoms with E-state index < -0.39 is 5.82 Å². The molecule has 23 heavy (non-hydrogen) atoms. The first-order valence-corrected chi connectivity index (χ1v) is 7.69. The molecule has 0 bridgehead atoms. The summed E-state index contributed by atoms with van der Waals surface area (Å²) in [6.45, 7) is 2.90. The third-order valence-corrected chi connectivity index (χ3v) is 3.96. The summed E-state index contributed by atoms with van der Waals surface area (Å²) in [4.78, 5) is 14.5. The molecule has 1 saturated heterocycles. The molecule has 1 aliphatic rings. The van der Waals surface area contributed by atoms with Gasteiger partial charge in [-0.25, -0.2) is 4.98 Å². The Morgan fingerprint density at radius 2 is 2.17 bits per heavy atom. The highest BCUT2D eigenvalue weighted by molar-refractivity contribution is 5.29. The minimum Gasteiger partial charge on any atom is -0.479 e. The molecule has 1 aliphatic heterocycles. The highest BCUT2D eigenvalue weighted by atomic mass is 19.1. The minimum atomic E-state index is -0.552. The molecule has 6 nitrogen and oxygen atoms in total. The number of hydrogen-bond donors (Lipinski definition) is 1. The second-order valence-corrected chi connectivity index (χ2v) is 5.61. The topological polar surface area (TPSA) is 63.2 Å². The van der Waals surface area contributed by atoms with E-state index in [9.17, 15) is 4.39 Å². The number of pyridine rings is 1. The molecule has 0 saturated carbocycles. The maximum Gasteiger partial charge on any atom is 0.255 e. The molecule has 7 heteroatoms. The maximum absolute atomic E-state index is 13.3. The van der Waals surface area contributed by atoms with Crippen molar-refractivity contribution in [2.45, 2.75) is 25.4 Å². The molecule has 2 aromatic rings. The summed E-state index contributed by atoms with van der Waals surface area (Å²) in [5.74, 6) is -0.171. The van der Waals surface area contributed by atoms with Gasteiger partial charge in [0, 0.05) is 38.1 Å². The summed E-state index contributed by atoms with van der Waals surface area (Å²) in [5.41, 5.74) is 1.23. The standard InChI is InChI=1S/C16H20FN5O/c1-23-15-14(17)10-19-16(21-15)20-13-4-7-22(8-5-13)11-12-3-2-6-18-9-12/h2-3,6,9-10,13H,4-5,7-8,11H2,1H3,(H,19,20,21). The van der Waals surface area contributed by atoms with Gasteiger partial charge in [0.2, 0.25) is 11.8 Å². The Bertz CT molecular complexity index is 632. The van der Waals surface area contributed by atoms with Crippen LogP contribution in [0.2, 0.25) is 0 Å². The Kier molecular flexibility index (Phi) is 4.97. The number of piperidine rings is 1. The van der Waals surface area contributed by atoms with Crippen LogP contribution in [-0.2, 0) is 6.54 Å². The summed E-state index contributed by atoms with van der Waals surface area (Å²) in [7, 11) is 1.39. The maximum atomic E-state index is 13.3. The van der Waals surface area contributed by atoms with Crippen LogP contribution in [0.25, 0.3) is 0 Å². The summed E-state index contributed by atoms with van der Waals surface area (Å²) in [5, 5.41) is 3.26. The zero-order chi connectivity index (χ0) is 16.1. The molecule has 0 aromatic carbocycles. The number of likely N-dealkylation sites (tertiary alicyclic amines) is 1. The lowest BCUT2D eigenvalue weighted by molar-refractivity contribution is 0.211. The van der Waals surface area contributed by atoms with E-state index in [0.29, 0.717) is 5.95 Å².